The van der Waals surface area contributed by atoms with Crippen molar-refractivity contribution in [3.8, 4) is 0 Å². The highest BCUT2D eigenvalue weighted by atomic mass is 16.6. The third-order valence-electron chi connectivity index (χ3n) is 8.05. The Morgan fingerprint density at radius 3 is 1.42 bits per heavy atom. The summed E-state index contributed by atoms with van der Waals surface area (Å²) in [4.78, 5) is 14.3. The molecular formula is C47H114N8O5. The number of unbranched alkanes of at least 4 members (excludes halogenated alkanes) is 8. The summed E-state index contributed by atoms with van der Waals surface area (Å²) in [7, 11) is 10.3. The fraction of sp³-hybridized carbons (Fsp3) is 0.979. The molecule has 0 aromatic rings. The molecule has 372 valence electrons. The standard InChI is InChI=1S/2C8H20N2.C7H14O2.C6H16N2.C5H13N.C5H10O2.C4H11N.C4H10O/c1-4-5-7-10(3)8-6-9-2;1-4-5-6-9-7-8-10(2)3;1-2-3-4-8-5-7-6-9-7;1-2-3-5-8-6-4-7;1-3-4-5-6-2;1-2-3-4-5(6)7;2*1-2-3-4-5/h2*9H,4-8H2,1-3H3;7H,2-6H2,1H3;8H,2-7H2,1H3;6H,3-5H2,1-2H3;2-4H2,1H3,(H,6,7);2-5H2,1H3;5H,2-4H2,1H3. The van der Waals surface area contributed by atoms with Gasteiger partial charge in [-0.1, -0.05) is 107 Å². The number of nitrogens with two attached hydrogens (primary N) is 2. The zero-order valence-corrected chi connectivity index (χ0v) is 42.9. The van der Waals surface area contributed by atoms with E-state index in [4.69, 9.17) is 31.2 Å². The van der Waals surface area contributed by atoms with Crippen LogP contribution in [0.5, 0.6) is 0 Å². The van der Waals surface area contributed by atoms with Gasteiger partial charge in [0.2, 0.25) is 0 Å². The number of likely N-dealkylation sites (N-methyl/N-ethyl adjacent to an activating group) is 3. The zero-order valence-electron chi connectivity index (χ0n) is 42.9. The lowest BCUT2D eigenvalue weighted by Gasteiger charge is -2.14. The van der Waals surface area contributed by atoms with E-state index in [0.717, 1.165) is 104 Å². The summed E-state index contributed by atoms with van der Waals surface area (Å²) in [5.41, 5.74) is 10.4. The number of aliphatic carboxylic acids is 1. The second-order valence-corrected chi connectivity index (χ2v) is 15.1. The Morgan fingerprint density at radius 1 is 0.617 bits per heavy atom. The largest absolute Gasteiger partial charge is 0.481 e. The van der Waals surface area contributed by atoms with Crippen molar-refractivity contribution >= 4 is 5.97 Å². The van der Waals surface area contributed by atoms with Gasteiger partial charge in [0, 0.05) is 58.9 Å². The van der Waals surface area contributed by atoms with Gasteiger partial charge in [0.1, 0.15) is 6.10 Å². The molecule has 1 saturated heterocycles. The molecule has 1 fully saturated rings. The highest BCUT2D eigenvalue weighted by Gasteiger charge is 2.21. The van der Waals surface area contributed by atoms with Gasteiger partial charge in [0.15, 0.2) is 0 Å². The number of hydrogen-bond acceptors (Lipinski definition) is 12. The summed E-state index contributed by atoms with van der Waals surface area (Å²) in [6.45, 7) is 31.9. The molecule has 60 heavy (non-hydrogen) atoms. The average molecular weight is 871 g/mol. The second kappa shape index (κ2) is 78.5. The normalized spacial score (nSPS) is 11.9. The SMILES string of the molecule is CCCCC(=O)O.CCCCN.CCCCN(C)CCNC.CCCCNC.CCCCNCCN.CCCCNCCN(C)C.CCCCO.CCCCOCC1CO1. The summed E-state index contributed by atoms with van der Waals surface area (Å²) < 4.78 is 10.2. The summed E-state index contributed by atoms with van der Waals surface area (Å²) in [6, 6.07) is 0. The van der Waals surface area contributed by atoms with Crippen molar-refractivity contribution < 1.29 is 24.5 Å². The molecular weight excluding hydrogens is 757 g/mol. The third-order valence-corrected chi connectivity index (χ3v) is 8.05. The maximum atomic E-state index is 9.76. The molecule has 1 aliphatic rings. The maximum Gasteiger partial charge on any atom is 0.303 e. The molecule has 0 radical (unpaired) electrons. The van der Waals surface area contributed by atoms with Gasteiger partial charge in [-0.3, -0.25) is 4.79 Å². The Bertz CT molecular complexity index is 627. The van der Waals surface area contributed by atoms with Crippen LogP contribution in [0.2, 0.25) is 0 Å². The third kappa shape index (κ3) is 118. The lowest BCUT2D eigenvalue weighted by atomic mass is 10.3. The average Bonchev–Trinajstić information content (AvgIpc) is 4.08. The number of hydrogen-bond donors (Lipinski definition) is 8. The molecule has 13 nitrogen and oxygen atoms in total. The van der Waals surface area contributed by atoms with Gasteiger partial charge in [-0.15, -0.1) is 0 Å². The van der Waals surface area contributed by atoms with Gasteiger partial charge in [0.25, 0.3) is 0 Å². The number of nitrogens with one attached hydrogen (secondary N) is 4. The molecule has 0 saturated carbocycles. The monoisotopic (exact) mass is 871 g/mol. The maximum absolute atomic E-state index is 9.76. The van der Waals surface area contributed by atoms with Crippen LogP contribution in [0, 0.1) is 0 Å². The Morgan fingerprint density at radius 2 is 1.10 bits per heavy atom. The number of epoxide rings is 1. The first-order valence-electron chi connectivity index (χ1n) is 24.4. The van der Waals surface area contributed by atoms with Crippen molar-refractivity contribution in [2.45, 2.75) is 171 Å². The molecule has 1 heterocycles. The van der Waals surface area contributed by atoms with Gasteiger partial charge >= 0.3 is 5.97 Å². The van der Waals surface area contributed by atoms with Crippen LogP contribution in [0.4, 0.5) is 0 Å². The van der Waals surface area contributed by atoms with Crippen molar-refractivity contribution in [2.75, 3.05) is 134 Å². The Hall–Kier alpha value is -0.970. The molecule has 0 spiro atoms. The first kappa shape index (κ1) is 73.4. The number of carbonyl (C=O) groups is 1. The second-order valence-electron chi connectivity index (χ2n) is 15.1. The van der Waals surface area contributed by atoms with E-state index >= 15 is 0 Å². The smallest absolute Gasteiger partial charge is 0.303 e. The quantitative estimate of drug-likeness (QED) is 0.0251. The minimum absolute atomic E-state index is 0.316. The molecule has 1 rings (SSSR count). The lowest BCUT2D eigenvalue weighted by Crippen LogP contribution is -2.28. The van der Waals surface area contributed by atoms with E-state index < -0.39 is 5.97 Å². The summed E-state index contributed by atoms with van der Waals surface area (Å²) >= 11 is 0. The zero-order chi connectivity index (χ0) is 47.2. The van der Waals surface area contributed by atoms with Crippen molar-refractivity contribution in [1.82, 2.24) is 31.1 Å². The van der Waals surface area contributed by atoms with Crippen LogP contribution in [-0.4, -0.2) is 166 Å². The number of carboxylic acids is 1. The Kier molecular flexibility index (Phi) is 96.1. The van der Waals surface area contributed by atoms with Gasteiger partial charge in [0.05, 0.1) is 13.2 Å². The van der Waals surface area contributed by atoms with E-state index in [1.54, 1.807) is 0 Å². The predicted octanol–water partition coefficient (Wildman–Crippen LogP) is 7.20. The van der Waals surface area contributed by atoms with Crippen LogP contribution >= 0.6 is 0 Å². The lowest BCUT2D eigenvalue weighted by molar-refractivity contribution is -0.137. The Labute approximate surface area is 376 Å². The van der Waals surface area contributed by atoms with E-state index in [2.05, 4.69) is 101 Å². The van der Waals surface area contributed by atoms with E-state index in [0.29, 0.717) is 19.1 Å². The summed E-state index contributed by atoms with van der Waals surface area (Å²) in [5.74, 6) is -0.693. The predicted molar refractivity (Wildman–Crippen MR) is 267 cm³/mol. The topological polar surface area (TPSA) is 186 Å². The fourth-order valence-corrected chi connectivity index (χ4v) is 3.77. The number of carboxylic acid groups (broad SMARTS) is 1. The van der Waals surface area contributed by atoms with Gasteiger partial charge in [-0.05, 0) is 119 Å². The molecule has 0 aliphatic carbocycles. The highest BCUT2D eigenvalue weighted by Crippen LogP contribution is 2.08. The first-order chi connectivity index (χ1) is 28.9. The summed E-state index contributed by atoms with van der Waals surface area (Å²) in [6.07, 6.45) is 19.6. The van der Waals surface area contributed by atoms with Gasteiger partial charge in [-0.25, -0.2) is 0 Å². The van der Waals surface area contributed by atoms with Crippen LogP contribution in [0.1, 0.15) is 165 Å². The fourth-order valence-electron chi connectivity index (χ4n) is 3.77. The number of nitrogens with zero attached hydrogens (tertiary/aromatic N) is 2. The minimum atomic E-state index is -0.693. The molecule has 0 aromatic carbocycles. The van der Waals surface area contributed by atoms with E-state index in [1.165, 1.54) is 90.1 Å². The molecule has 10 N–H and O–H groups in total. The molecule has 1 unspecified atom stereocenters. The molecule has 1 aliphatic heterocycles. The van der Waals surface area contributed by atoms with Crippen molar-refractivity contribution in [3.05, 3.63) is 0 Å². The van der Waals surface area contributed by atoms with Crippen molar-refractivity contribution in [2.24, 2.45) is 11.5 Å². The minimum Gasteiger partial charge on any atom is -0.481 e. The van der Waals surface area contributed by atoms with Crippen molar-refractivity contribution in [1.29, 1.82) is 0 Å². The first-order valence-corrected chi connectivity index (χ1v) is 24.4. The highest BCUT2D eigenvalue weighted by molar-refractivity contribution is 5.66. The summed E-state index contributed by atoms with van der Waals surface area (Å²) in [5, 5.41) is 28.9. The number of ether oxygens (including phenoxy) is 2. The number of rotatable bonds is 32. The number of aliphatic hydroxyl groups is 1. The molecule has 0 amide bonds. The Balaban J connectivity index is -0.000000108. The molecule has 0 bridgehead atoms. The van der Waals surface area contributed by atoms with Crippen molar-refractivity contribution in [3.63, 3.8) is 0 Å². The van der Waals surface area contributed by atoms with Crippen LogP contribution in [0.15, 0.2) is 0 Å². The molecule has 1 atom stereocenters. The molecule has 0 aromatic heterocycles. The van der Waals surface area contributed by atoms with Crippen LogP contribution in [-0.2, 0) is 14.3 Å². The van der Waals surface area contributed by atoms with Crippen LogP contribution in [0.3, 0.4) is 0 Å². The number of aliphatic hydroxyl groups excluding tert-OH is 1. The molecule has 13 heteroatoms. The van der Waals surface area contributed by atoms with Gasteiger partial charge < -0.3 is 62.2 Å². The van der Waals surface area contributed by atoms with E-state index in [-0.39, 0.29) is 0 Å². The van der Waals surface area contributed by atoms with E-state index in [9.17, 15) is 4.79 Å². The van der Waals surface area contributed by atoms with Gasteiger partial charge in [-0.2, -0.15) is 0 Å². The van der Waals surface area contributed by atoms with Crippen LogP contribution in [0.25, 0.3) is 0 Å². The van der Waals surface area contributed by atoms with Crippen LogP contribution < -0.4 is 32.7 Å². The van der Waals surface area contributed by atoms with E-state index in [1.807, 2.05) is 21.0 Å².